The Morgan fingerprint density at radius 3 is 2.82 bits per heavy atom. The van der Waals surface area contributed by atoms with Gasteiger partial charge in [-0.1, -0.05) is 26.2 Å². The Morgan fingerprint density at radius 1 is 1.35 bits per heavy atom. The summed E-state index contributed by atoms with van der Waals surface area (Å²) in [6.07, 6.45) is 6.00. The molecule has 5 heteroatoms. The molecule has 0 saturated heterocycles. The van der Waals surface area contributed by atoms with Crippen LogP contribution in [0.4, 0.5) is 0 Å². The number of aromatic nitrogens is 3. The molecule has 0 aromatic carbocycles. The predicted molar refractivity (Wildman–Crippen MR) is 64.6 cm³/mol. The summed E-state index contributed by atoms with van der Waals surface area (Å²) in [5.74, 6) is 1.30. The van der Waals surface area contributed by atoms with E-state index in [2.05, 4.69) is 27.4 Å². The van der Waals surface area contributed by atoms with Crippen LogP contribution >= 0.6 is 0 Å². The standard InChI is InChI=1S/C12H20N4O/c1-8-6-4-3-5-7-10(8)14-12(17)11-13-9(2)15-16-11/h8,10H,3-7H2,1-2H3,(H,14,17)(H,13,15,16). The average molecular weight is 236 g/mol. The van der Waals surface area contributed by atoms with Crippen molar-refractivity contribution in [1.82, 2.24) is 20.5 Å². The molecule has 1 saturated carbocycles. The molecule has 94 valence electrons. The molecule has 5 nitrogen and oxygen atoms in total. The number of nitrogens with zero attached hydrogens (tertiary/aromatic N) is 2. The summed E-state index contributed by atoms with van der Waals surface area (Å²) < 4.78 is 0. The van der Waals surface area contributed by atoms with Gasteiger partial charge in [-0.25, -0.2) is 4.98 Å². The summed E-state index contributed by atoms with van der Waals surface area (Å²) in [7, 11) is 0. The van der Waals surface area contributed by atoms with E-state index in [4.69, 9.17) is 0 Å². The molecule has 0 aliphatic heterocycles. The molecule has 1 aliphatic rings. The molecule has 1 fully saturated rings. The maximum absolute atomic E-state index is 11.9. The fourth-order valence-electron chi connectivity index (χ4n) is 2.38. The highest BCUT2D eigenvalue weighted by molar-refractivity contribution is 5.90. The minimum atomic E-state index is -0.159. The average Bonchev–Trinajstić information content (AvgIpc) is 2.63. The summed E-state index contributed by atoms with van der Waals surface area (Å²) >= 11 is 0. The van der Waals surface area contributed by atoms with Crippen molar-refractivity contribution in [1.29, 1.82) is 0 Å². The Hall–Kier alpha value is -1.39. The van der Waals surface area contributed by atoms with Crippen LogP contribution in [0.3, 0.4) is 0 Å². The van der Waals surface area contributed by atoms with Gasteiger partial charge in [-0.2, -0.15) is 0 Å². The maximum atomic E-state index is 11.9. The summed E-state index contributed by atoms with van der Waals surface area (Å²) in [6, 6.07) is 0.267. The normalized spacial score (nSPS) is 25.3. The van der Waals surface area contributed by atoms with Gasteiger partial charge in [-0.15, -0.1) is 5.10 Å². The number of carbonyl (C=O) groups is 1. The number of amides is 1. The van der Waals surface area contributed by atoms with Crippen LogP contribution in [0.15, 0.2) is 0 Å². The topological polar surface area (TPSA) is 70.7 Å². The van der Waals surface area contributed by atoms with Crippen LogP contribution < -0.4 is 5.32 Å². The van der Waals surface area contributed by atoms with Gasteiger partial charge in [0.25, 0.3) is 5.91 Å². The first-order chi connectivity index (χ1) is 8.16. The van der Waals surface area contributed by atoms with Crippen LogP contribution in [0.25, 0.3) is 0 Å². The second-order valence-electron chi connectivity index (χ2n) is 4.94. The SMILES string of the molecule is Cc1nc(C(=O)NC2CCCCCC2C)n[nH]1. The molecular formula is C12H20N4O. The molecule has 1 aromatic heterocycles. The van der Waals surface area contributed by atoms with Crippen molar-refractivity contribution in [2.75, 3.05) is 0 Å². The van der Waals surface area contributed by atoms with E-state index < -0.39 is 0 Å². The van der Waals surface area contributed by atoms with E-state index in [9.17, 15) is 4.79 Å². The summed E-state index contributed by atoms with van der Waals surface area (Å²) in [6.45, 7) is 4.00. The quantitative estimate of drug-likeness (QED) is 0.769. The van der Waals surface area contributed by atoms with Crippen molar-refractivity contribution in [2.24, 2.45) is 5.92 Å². The molecule has 1 aromatic rings. The largest absolute Gasteiger partial charge is 0.346 e. The summed E-state index contributed by atoms with van der Waals surface area (Å²) in [5, 5.41) is 9.62. The third-order valence-corrected chi connectivity index (χ3v) is 3.48. The molecule has 0 spiro atoms. The number of hydrogen-bond donors (Lipinski definition) is 2. The minimum Gasteiger partial charge on any atom is -0.346 e. The first-order valence-corrected chi connectivity index (χ1v) is 6.36. The highest BCUT2D eigenvalue weighted by Crippen LogP contribution is 2.23. The highest BCUT2D eigenvalue weighted by atomic mass is 16.2. The third-order valence-electron chi connectivity index (χ3n) is 3.48. The Kier molecular flexibility index (Phi) is 3.76. The zero-order valence-electron chi connectivity index (χ0n) is 10.5. The van der Waals surface area contributed by atoms with Crippen molar-refractivity contribution < 1.29 is 4.79 Å². The van der Waals surface area contributed by atoms with Gasteiger partial charge < -0.3 is 5.32 Å². The molecule has 2 N–H and O–H groups in total. The van der Waals surface area contributed by atoms with Crippen LogP contribution in [0.2, 0.25) is 0 Å². The monoisotopic (exact) mass is 236 g/mol. The van der Waals surface area contributed by atoms with Gasteiger partial charge in [-0.05, 0) is 25.7 Å². The van der Waals surface area contributed by atoms with Gasteiger partial charge in [0.15, 0.2) is 0 Å². The molecule has 1 amide bonds. The summed E-state index contributed by atoms with van der Waals surface area (Å²) in [5.41, 5.74) is 0. The van der Waals surface area contributed by atoms with Crippen LogP contribution in [0, 0.1) is 12.8 Å². The molecule has 1 aliphatic carbocycles. The number of aryl methyl sites for hydroxylation is 1. The van der Waals surface area contributed by atoms with E-state index in [1.165, 1.54) is 25.7 Å². The van der Waals surface area contributed by atoms with Crippen molar-refractivity contribution in [3.05, 3.63) is 11.6 Å². The van der Waals surface area contributed by atoms with Crippen molar-refractivity contribution in [3.63, 3.8) is 0 Å². The molecule has 0 bridgehead atoms. The van der Waals surface area contributed by atoms with Crippen molar-refractivity contribution in [2.45, 2.75) is 52.0 Å². The Bertz CT molecular complexity index is 388. The van der Waals surface area contributed by atoms with E-state index in [0.717, 1.165) is 6.42 Å². The molecule has 2 unspecified atom stereocenters. The lowest BCUT2D eigenvalue weighted by molar-refractivity contribution is 0.0911. The Labute approximate surface area is 101 Å². The van der Waals surface area contributed by atoms with Gasteiger partial charge in [0.05, 0.1) is 0 Å². The zero-order valence-corrected chi connectivity index (χ0v) is 10.5. The lowest BCUT2D eigenvalue weighted by atomic mass is 9.97. The molecule has 2 atom stereocenters. The van der Waals surface area contributed by atoms with E-state index in [1.807, 2.05) is 0 Å². The minimum absolute atomic E-state index is 0.159. The number of H-pyrrole nitrogens is 1. The highest BCUT2D eigenvalue weighted by Gasteiger charge is 2.23. The lowest BCUT2D eigenvalue weighted by Crippen LogP contribution is -2.39. The maximum Gasteiger partial charge on any atom is 0.291 e. The molecular weight excluding hydrogens is 216 g/mol. The molecule has 17 heavy (non-hydrogen) atoms. The van der Waals surface area contributed by atoms with E-state index in [0.29, 0.717) is 11.7 Å². The molecule has 2 rings (SSSR count). The summed E-state index contributed by atoms with van der Waals surface area (Å²) in [4.78, 5) is 16.0. The van der Waals surface area contributed by atoms with Crippen molar-refractivity contribution in [3.8, 4) is 0 Å². The second kappa shape index (κ2) is 5.29. The third kappa shape index (κ3) is 3.05. The van der Waals surface area contributed by atoms with Gasteiger partial charge in [-0.3, -0.25) is 9.89 Å². The van der Waals surface area contributed by atoms with Crippen molar-refractivity contribution >= 4 is 5.91 Å². The number of aromatic amines is 1. The fraction of sp³-hybridized carbons (Fsp3) is 0.750. The molecule has 1 heterocycles. The molecule has 0 radical (unpaired) electrons. The van der Waals surface area contributed by atoms with E-state index >= 15 is 0 Å². The predicted octanol–water partition coefficient (Wildman–Crippen LogP) is 1.81. The van der Waals surface area contributed by atoms with Gasteiger partial charge >= 0.3 is 0 Å². The van der Waals surface area contributed by atoms with Crippen LogP contribution in [-0.2, 0) is 0 Å². The number of rotatable bonds is 2. The lowest BCUT2D eigenvalue weighted by Gasteiger charge is -2.21. The van der Waals surface area contributed by atoms with Crippen LogP contribution in [0.5, 0.6) is 0 Å². The smallest absolute Gasteiger partial charge is 0.291 e. The first kappa shape index (κ1) is 12.1. The fourth-order valence-corrected chi connectivity index (χ4v) is 2.38. The number of carbonyl (C=O) groups excluding carboxylic acids is 1. The Balaban J connectivity index is 1.97. The van der Waals surface area contributed by atoms with Crippen LogP contribution in [-0.4, -0.2) is 27.1 Å². The van der Waals surface area contributed by atoms with E-state index in [1.54, 1.807) is 6.92 Å². The van der Waals surface area contributed by atoms with Gasteiger partial charge in [0.2, 0.25) is 5.82 Å². The zero-order chi connectivity index (χ0) is 12.3. The number of nitrogens with one attached hydrogen (secondary N) is 2. The number of hydrogen-bond acceptors (Lipinski definition) is 3. The van der Waals surface area contributed by atoms with E-state index in [-0.39, 0.29) is 17.8 Å². The second-order valence-corrected chi connectivity index (χ2v) is 4.94. The first-order valence-electron chi connectivity index (χ1n) is 6.36. The van der Waals surface area contributed by atoms with Gasteiger partial charge in [0.1, 0.15) is 5.82 Å². The van der Waals surface area contributed by atoms with Crippen LogP contribution in [0.1, 0.15) is 55.5 Å². The Morgan fingerprint density at radius 2 is 2.12 bits per heavy atom. The van der Waals surface area contributed by atoms with Gasteiger partial charge in [0, 0.05) is 6.04 Å².